The molecule has 4 nitrogen and oxygen atoms in total. The van der Waals surface area contributed by atoms with Crippen LogP contribution < -0.4 is 4.74 Å². The predicted molar refractivity (Wildman–Crippen MR) is 100 cm³/mol. The minimum Gasteiger partial charge on any atom is -0.486 e. The fourth-order valence-electron chi connectivity index (χ4n) is 2.03. The maximum Gasteiger partial charge on any atom is 0.191 e. The molecule has 0 saturated carbocycles. The molecule has 0 atom stereocenters. The summed E-state index contributed by atoms with van der Waals surface area (Å²) in [7, 11) is 1.95. The second-order valence-electron chi connectivity index (χ2n) is 5.08. The zero-order valence-electron chi connectivity index (χ0n) is 12.9. The lowest BCUT2D eigenvalue weighted by atomic mass is 10.2. The Morgan fingerprint density at radius 2 is 1.88 bits per heavy atom. The van der Waals surface area contributed by atoms with Gasteiger partial charge in [-0.3, -0.25) is 0 Å². The van der Waals surface area contributed by atoms with E-state index in [1.807, 2.05) is 41.9 Å². The summed E-state index contributed by atoms with van der Waals surface area (Å²) in [5.74, 6) is 2.36. The number of benzene rings is 2. The lowest BCUT2D eigenvalue weighted by molar-refractivity contribution is 0.290. The highest BCUT2D eigenvalue weighted by Gasteiger charge is 2.11. The van der Waals surface area contributed by atoms with Crippen molar-refractivity contribution in [2.75, 3.05) is 0 Å². The molecule has 124 valence electrons. The van der Waals surface area contributed by atoms with Gasteiger partial charge >= 0.3 is 0 Å². The van der Waals surface area contributed by atoms with Gasteiger partial charge in [0, 0.05) is 22.3 Å². The Balaban J connectivity index is 1.61. The Bertz CT molecular complexity index is 823. The molecule has 7 heteroatoms. The highest BCUT2D eigenvalue weighted by molar-refractivity contribution is 9.10. The molecule has 0 radical (unpaired) electrons. The molecule has 0 amide bonds. The van der Waals surface area contributed by atoms with Crippen molar-refractivity contribution in [2.45, 2.75) is 17.5 Å². The maximum atomic E-state index is 5.87. The van der Waals surface area contributed by atoms with Crippen LogP contribution in [0, 0.1) is 0 Å². The van der Waals surface area contributed by atoms with Crippen molar-refractivity contribution in [1.29, 1.82) is 0 Å². The first-order valence-corrected chi connectivity index (χ1v) is 9.42. The molecule has 1 heterocycles. The fourth-order valence-corrected chi connectivity index (χ4v) is 3.70. The van der Waals surface area contributed by atoms with Crippen molar-refractivity contribution in [3.8, 4) is 5.75 Å². The Hall–Kier alpha value is -1.50. The molecule has 0 bridgehead atoms. The molecule has 3 aromatic rings. The normalized spacial score (nSPS) is 10.8. The standard InChI is InChI=1S/C17H15BrClN3OS/c1-22-16(10-23-14-8-6-13(19)7-9-14)20-21-17(22)24-11-12-4-2-3-5-15(12)18/h2-9H,10-11H2,1H3. The minimum atomic E-state index is 0.362. The van der Waals surface area contributed by atoms with Crippen molar-refractivity contribution in [3.05, 3.63) is 69.4 Å². The molecule has 0 saturated heterocycles. The van der Waals surface area contributed by atoms with Crippen molar-refractivity contribution < 1.29 is 4.74 Å². The van der Waals surface area contributed by atoms with Crippen LogP contribution >= 0.6 is 39.3 Å². The van der Waals surface area contributed by atoms with Crippen molar-refractivity contribution >= 4 is 39.3 Å². The van der Waals surface area contributed by atoms with Gasteiger partial charge in [0.1, 0.15) is 12.4 Å². The van der Waals surface area contributed by atoms with E-state index in [2.05, 4.69) is 32.2 Å². The average molecular weight is 425 g/mol. The van der Waals surface area contributed by atoms with E-state index in [0.717, 1.165) is 27.0 Å². The molecule has 2 aromatic carbocycles. The summed E-state index contributed by atoms with van der Waals surface area (Å²) in [5, 5.41) is 10.0. The first-order chi connectivity index (χ1) is 11.6. The van der Waals surface area contributed by atoms with Crippen LogP contribution in [0.3, 0.4) is 0 Å². The van der Waals surface area contributed by atoms with Gasteiger partial charge in [-0.05, 0) is 35.9 Å². The summed E-state index contributed by atoms with van der Waals surface area (Å²) in [5.41, 5.74) is 1.23. The van der Waals surface area contributed by atoms with Crippen LogP contribution in [0.4, 0.5) is 0 Å². The lowest BCUT2D eigenvalue weighted by Gasteiger charge is -2.07. The van der Waals surface area contributed by atoms with Gasteiger partial charge < -0.3 is 9.30 Å². The van der Waals surface area contributed by atoms with Gasteiger partial charge in [0.15, 0.2) is 11.0 Å². The number of hydrogen-bond donors (Lipinski definition) is 0. The smallest absolute Gasteiger partial charge is 0.191 e. The van der Waals surface area contributed by atoms with Gasteiger partial charge in [0.05, 0.1) is 0 Å². The van der Waals surface area contributed by atoms with Crippen molar-refractivity contribution in [3.63, 3.8) is 0 Å². The monoisotopic (exact) mass is 423 g/mol. The third-order valence-corrected chi connectivity index (χ3v) is 5.52. The Morgan fingerprint density at radius 3 is 2.62 bits per heavy atom. The molecule has 0 aliphatic rings. The zero-order chi connectivity index (χ0) is 16.9. The Kier molecular flexibility index (Phi) is 5.81. The summed E-state index contributed by atoms with van der Waals surface area (Å²) in [4.78, 5) is 0. The van der Waals surface area contributed by atoms with Crippen LogP contribution in [0.15, 0.2) is 58.2 Å². The first-order valence-electron chi connectivity index (χ1n) is 7.26. The van der Waals surface area contributed by atoms with E-state index in [-0.39, 0.29) is 0 Å². The van der Waals surface area contributed by atoms with E-state index >= 15 is 0 Å². The lowest BCUT2D eigenvalue weighted by Crippen LogP contribution is -2.04. The average Bonchev–Trinajstić information content (AvgIpc) is 2.94. The highest BCUT2D eigenvalue weighted by atomic mass is 79.9. The summed E-state index contributed by atoms with van der Waals surface area (Å²) < 4.78 is 8.78. The molecule has 0 aliphatic carbocycles. The van der Waals surface area contributed by atoms with Crippen LogP contribution in [0.5, 0.6) is 5.75 Å². The van der Waals surface area contributed by atoms with Gasteiger partial charge in [0.2, 0.25) is 0 Å². The number of thioether (sulfide) groups is 1. The molecule has 0 unspecified atom stereocenters. The SMILES string of the molecule is Cn1c(COc2ccc(Cl)cc2)nnc1SCc1ccccc1Br. The maximum absolute atomic E-state index is 5.87. The quantitative estimate of drug-likeness (QED) is 0.516. The number of ether oxygens (including phenoxy) is 1. The molecule has 0 N–H and O–H groups in total. The molecular formula is C17H15BrClN3OS. The number of halogens is 2. The topological polar surface area (TPSA) is 39.9 Å². The van der Waals surface area contributed by atoms with Gasteiger partial charge in [-0.15, -0.1) is 10.2 Å². The minimum absolute atomic E-state index is 0.362. The van der Waals surface area contributed by atoms with Crippen LogP contribution in [0.25, 0.3) is 0 Å². The fraction of sp³-hybridized carbons (Fsp3) is 0.176. The summed E-state index contributed by atoms with van der Waals surface area (Å²) in [6, 6.07) is 15.4. The van der Waals surface area contributed by atoms with Crippen LogP contribution in [0.2, 0.25) is 5.02 Å². The van der Waals surface area contributed by atoms with Gasteiger partial charge in [-0.2, -0.15) is 0 Å². The van der Waals surface area contributed by atoms with Crippen molar-refractivity contribution in [2.24, 2.45) is 7.05 Å². The van der Waals surface area contributed by atoms with E-state index < -0.39 is 0 Å². The van der Waals surface area contributed by atoms with Gasteiger partial charge in [-0.25, -0.2) is 0 Å². The van der Waals surface area contributed by atoms with Gasteiger partial charge in [-0.1, -0.05) is 57.5 Å². The molecule has 0 aliphatic heterocycles. The second-order valence-corrected chi connectivity index (χ2v) is 7.31. The van der Waals surface area contributed by atoms with Gasteiger partial charge in [0.25, 0.3) is 0 Å². The third-order valence-electron chi connectivity index (χ3n) is 3.42. The van der Waals surface area contributed by atoms with Crippen LogP contribution in [0.1, 0.15) is 11.4 Å². The summed E-state index contributed by atoms with van der Waals surface area (Å²) in [6.45, 7) is 0.362. The van der Waals surface area contributed by atoms with E-state index in [1.165, 1.54) is 5.56 Å². The number of hydrogen-bond acceptors (Lipinski definition) is 4. The predicted octanol–water partition coefficient (Wildman–Crippen LogP) is 5.10. The van der Waals surface area contributed by atoms with E-state index in [9.17, 15) is 0 Å². The molecule has 3 rings (SSSR count). The summed E-state index contributed by atoms with van der Waals surface area (Å²) in [6.07, 6.45) is 0. The summed E-state index contributed by atoms with van der Waals surface area (Å²) >= 11 is 11.1. The highest BCUT2D eigenvalue weighted by Crippen LogP contribution is 2.26. The Morgan fingerprint density at radius 1 is 1.12 bits per heavy atom. The molecule has 1 aromatic heterocycles. The Labute approximate surface area is 158 Å². The van der Waals surface area contributed by atoms with Crippen LogP contribution in [-0.4, -0.2) is 14.8 Å². The van der Waals surface area contributed by atoms with Crippen LogP contribution in [-0.2, 0) is 19.4 Å². The number of rotatable bonds is 6. The zero-order valence-corrected chi connectivity index (χ0v) is 16.1. The van der Waals surface area contributed by atoms with E-state index in [4.69, 9.17) is 16.3 Å². The first kappa shape index (κ1) is 17.3. The molecule has 0 spiro atoms. The van der Waals surface area contributed by atoms with E-state index in [0.29, 0.717) is 11.6 Å². The third kappa shape index (κ3) is 4.32. The van der Waals surface area contributed by atoms with E-state index in [1.54, 1.807) is 23.9 Å². The second kappa shape index (κ2) is 8.05. The molecular weight excluding hydrogens is 410 g/mol. The van der Waals surface area contributed by atoms with Crippen molar-refractivity contribution in [1.82, 2.24) is 14.8 Å². The number of aromatic nitrogens is 3. The molecule has 24 heavy (non-hydrogen) atoms. The molecule has 0 fully saturated rings. The largest absolute Gasteiger partial charge is 0.486 e. The number of nitrogens with zero attached hydrogens (tertiary/aromatic N) is 3.